The van der Waals surface area contributed by atoms with Crippen LogP contribution in [-0.2, 0) is 16.0 Å². The van der Waals surface area contributed by atoms with Gasteiger partial charge in [0.15, 0.2) is 0 Å². The van der Waals surface area contributed by atoms with Crippen molar-refractivity contribution in [1.29, 1.82) is 0 Å². The first-order chi connectivity index (χ1) is 15.0. The van der Waals surface area contributed by atoms with Gasteiger partial charge in [0.1, 0.15) is 5.70 Å². The van der Waals surface area contributed by atoms with Gasteiger partial charge in [-0.2, -0.15) is 0 Å². The van der Waals surface area contributed by atoms with Gasteiger partial charge >= 0.3 is 0 Å². The van der Waals surface area contributed by atoms with Gasteiger partial charge in [0.2, 0.25) is 0 Å². The molecule has 2 amide bonds. The van der Waals surface area contributed by atoms with Crippen LogP contribution in [0.5, 0.6) is 0 Å². The topological polar surface area (TPSA) is 40.6 Å². The lowest BCUT2D eigenvalue weighted by Crippen LogP contribution is -2.35. The van der Waals surface area contributed by atoms with Gasteiger partial charge in [0.05, 0.1) is 11.3 Å². The molecule has 0 radical (unpaired) electrons. The fourth-order valence-electron chi connectivity index (χ4n) is 4.53. The SMILES string of the molecule is Cc1ccc(C2=C(N3CCc4ccccc43)C(=O)N(c3ccccc3C)C2=O)cc1C. The van der Waals surface area contributed by atoms with E-state index in [1.165, 1.54) is 10.5 Å². The quantitative estimate of drug-likeness (QED) is 0.575. The zero-order chi connectivity index (χ0) is 21.7. The minimum Gasteiger partial charge on any atom is -0.336 e. The van der Waals surface area contributed by atoms with Crippen LogP contribution in [0.3, 0.4) is 0 Å². The third kappa shape index (κ3) is 2.98. The number of carbonyl (C=O) groups is 2. The molecule has 2 aliphatic heterocycles. The first-order valence-corrected chi connectivity index (χ1v) is 10.6. The molecule has 154 valence electrons. The monoisotopic (exact) mass is 408 g/mol. The minimum absolute atomic E-state index is 0.260. The lowest BCUT2D eigenvalue weighted by atomic mass is 9.99. The lowest BCUT2D eigenvalue weighted by Gasteiger charge is -2.22. The summed E-state index contributed by atoms with van der Waals surface area (Å²) in [7, 11) is 0. The van der Waals surface area contributed by atoms with E-state index in [2.05, 4.69) is 6.07 Å². The summed E-state index contributed by atoms with van der Waals surface area (Å²) in [5.41, 5.74) is 7.74. The second-order valence-corrected chi connectivity index (χ2v) is 8.29. The maximum Gasteiger partial charge on any atom is 0.282 e. The Bertz CT molecular complexity index is 1270. The second kappa shape index (κ2) is 7.24. The van der Waals surface area contributed by atoms with E-state index >= 15 is 0 Å². The molecular weight excluding hydrogens is 384 g/mol. The van der Waals surface area contributed by atoms with Crippen LogP contribution in [0.1, 0.15) is 27.8 Å². The molecule has 3 aromatic rings. The second-order valence-electron chi connectivity index (χ2n) is 8.29. The van der Waals surface area contributed by atoms with Crippen molar-refractivity contribution < 1.29 is 9.59 Å². The molecule has 4 heteroatoms. The normalized spacial score (nSPS) is 15.8. The van der Waals surface area contributed by atoms with Crippen molar-refractivity contribution in [2.45, 2.75) is 27.2 Å². The number of benzene rings is 3. The Hall–Kier alpha value is -3.66. The number of amides is 2. The lowest BCUT2D eigenvalue weighted by molar-refractivity contribution is -0.120. The van der Waals surface area contributed by atoms with E-state index in [9.17, 15) is 9.59 Å². The predicted molar refractivity (Wildman–Crippen MR) is 124 cm³/mol. The van der Waals surface area contributed by atoms with Gasteiger partial charge in [0.25, 0.3) is 11.8 Å². The fourth-order valence-corrected chi connectivity index (χ4v) is 4.53. The van der Waals surface area contributed by atoms with Crippen molar-refractivity contribution in [3.63, 3.8) is 0 Å². The molecule has 0 atom stereocenters. The fraction of sp³-hybridized carbons (Fsp3) is 0.185. The van der Waals surface area contributed by atoms with Crippen LogP contribution in [0.25, 0.3) is 5.57 Å². The van der Waals surface area contributed by atoms with Gasteiger partial charge in [-0.05, 0) is 67.1 Å². The van der Waals surface area contributed by atoms with Crippen molar-refractivity contribution in [3.8, 4) is 0 Å². The summed E-state index contributed by atoms with van der Waals surface area (Å²) in [5.74, 6) is -0.522. The Balaban J connectivity index is 1.72. The molecule has 31 heavy (non-hydrogen) atoms. The summed E-state index contributed by atoms with van der Waals surface area (Å²) >= 11 is 0. The number of aryl methyl sites for hydroxylation is 3. The molecule has 0 aliphatic carbocycles. The Labute approximate surface area is 182 Å². The molecule has 0 saturated heterocycles. The molecule has 0 saturated carbocycles. The van der Waals surface area contributed by atoms with Gasteiger partial charge in [-0.25, -0.2) is 4.90 Å². The van der Waals surface area contributed by atoms with Crippen LogP contribution < -0.4 is 9.80 Å². The van der Waals surface area contributed by atoms with Gasteiger partial charge in [-0.3, -0.25) is 9.59 Å². The first-order valence-electron chi connectivity index (χ1n) is 10.6. The van der Waals surface area contributed by atoms with Crippen LogP contribution in [-0.4, -0.2) is 18.4 Å². The van der Waals surface area contributed by atoms with Crippen LogP contribution in [0.4, 0.5) is 11.4 Å². The first kappa shape index (κ1) is 19.3. The van der Waals surface area contributed by atoms with E-state index in [0.29, 0.717) is 23.5 Å². The van der Waals surface area contributed by atoms with Crippen molar-refractivity contribution in [2.75, 3.05) is 16.3 Å². The summed E-state index contributed by atoms with van der Waals surface area (Å²) in [4.78, 5) is 30.9. The van der Waals surface area contributed by atoms with Crippen molar-refractivity contribution in [1.82, 2.24) is 0 Å². The molecule has 0 fully saturated rings. The number of fused-ring (bicyclic) bond motifs is 1. The van der Waals surface area contributed by atoms with E-state index in [1.807, 2.05) is 86.3 Å². The molecule has 2 heterocycles. The summed E-state index contributed by atoms with van der Waals surface area (Å²) < 4.78 is 0. The predicted octanol–water partition coefficient (Wildman–Crippen LogP) is 4.96. The van der Waals surface area contributed by atoms with Crippen LogP contribution >= 0.6 is 0 Å². The smallest absolute Gasteiger partial charge is 0.282 e. The average molecular weight is 409 g/mol. The molecule has 0 spiro atoms. The van der Waals surface area contributed by atoms with E-state index in [1.54, 1.807) is 0 Å². The zero-order valence-electron chi connectivity index (χ0n) is 18.0. The molecule has 3 aromatic carbocycles. The summed E-state index contributed by atoms with van der Waals surface area (Å²) in [6.45, 7) is 6.69. The number of anilines is 2. The summed E-state index contributed by atoms with van der Waals surface area (Å²) in [5, 5.41) is 0. The molecule has 2 aliphatic rings. The number of carbonyl (C=O) groups excluding carboxylic acids is 2. The van der Waals surface area contributed by atoms with Gasteiger partial charge in [0, 0.05) is 12.2 Å². The Morgan fingerprint density at radius 1 is 0.710 bits per heavy atom. The molecule has 5 rings (SSSR count). The van der Waals surface area contributed by atoms with Gasteiger partial charge < -0.3 is 4.90 Å². The summed E-state index contributed by atoms with van der Waals surface area (Å²) in [6, 6.07) is 21.6. The number of imide groups is 1. The number of nitrogens with zero attached hydrogens (tertiary/aromatic N) is 2. The van der Waals surface area contributed by atoms with Crippen molar-refractivity contribution in [2.24, 2.45) is 0 Å². The Morgan fingerprint density at radius 3 is 2.16 bits per heavy atom. The van der Waals surface area contributed by atoms with Crippen molar-refractivity contribution >= 4 is 28.8 Å². The molecule has 0 N–H and O–H groups in total. The highest BCUT2D eigenvalue weighted by molar-refractivity contribution is 6.46. The Kier molecular flexibility index (Phi) is 4.51. The van der Waals surface area contributed by atoms with Crippen LogP contribution in [0, 0.1) is 20.8 Å². The standard InChI is InChI=1S/C27H24N2O2/c1-17-12-13-21(16-19(17)3)24-25(28-15-14-20-9-5-7-11-23(20)28)27(31)29(26(24)30)22-10-6-4-8-18(22)2/h4-13,16H,14-15H2,1-3H3. The largest absolute Gasteiger partial charge is 0.336 e. The third-order valence-corrected chi connectivity index (χ3v) is 6.37. The number of hydrogen-bond acceptors (Lipinski definition) is 3. The maximum atomic E-state index is 13.8. The van der Waals surface area contributed by atoms with E-state index in [4.69, 9.17) is 0 Å². The van der Waals surface area contributed by atoms with Crippen molar-refractivity contribution in [3.05, 3.63) is 100 Å². The zero-order valence-corrected chi connectivity index (χ0v) is 18.0. The summed E-state index contributed by atoms with van der Waals surface area (Å²) in [6.07, 6.45) is 0.853. The maximum absolute atomic E-state index is 13.8. The minimum atomic E-state index is -0.262. The molecule has 0 unspecified atom stereocenters. The van der Waals surface area contributed by atoms with Crippen LogP contribution in [0.2, 0.25) is 0 Å². The number of hydrogen-bond donors (Lipinski definition) is 0. The third-order valence-electron chi connectivity index (χ3n) is 6.37. The number of rotatable bonds is 3. The van der Waals surface area contributed by atoms with Crippen LogP contribution in [0.15, 0.2) is 72.4 Å². The highest BCUT2D eigenvalue weighted by atomic mass is 16.2. The van der Waals surface area contributed by atoms with E-state index in [0.717, 1.165) is 34.4 Å². The molecule has 0 aromatic heterocycles. The Morgan fingerprint density at radius 2 is 1.42 bits per heavy atom. The number of para-hydroxylation sites is 2. The highest BCUT2D eigenvalue weighted by Crippen LogP contribution is 2.40. The molecule has 4 nitrogen and oxygen atoms in total. The average Bonchev–Trinajstić information content (AvgIpc) is 3.29. The van der Waals surface area contributed by atoms with E-state index < -0.39 is 0 Å². The van der Waals surface area contributed by atoms with Gasteiger partial charge in [-0.15, -0.1) is 0 Å². The van der Waals surface area contributed by atoms with Gasteiger partial charge in [-0.1, -0.05) is 54.6 Å². The highest BCUT2D eigenvalue weighted by Gasteiger charge is 2.44. The molecular formula is C27H24N2O2. The molecule has 0 bridgehead atoms. The van der Waals surface area contributed by atoms with E-state index in [-0.39, 0.29) is 11.8 Å².